The van der Waals surface area contributed by atoms with Crippen molar-refractivity contribution >= 4 is 34.9 Å². The number of esters is 1. The maximum atomic E-state index is 13.2. The highest BCUT2D eigenvalue weighted by atomic mass is 16.5. The third-order valence-corrected chi connectivity index (χ3v) is 6.79. The average molecular weight is 498 g/mol. The molecular weight excluding hydrogens is 470 g/mol. The van der Waals surface area contributed by atoms with Gasteiger partial charge in [0.05, 0.1) is 23.7 Å². The Morgan fingerprint density at radius 1 is 0.730 bits per heavy atom. The summed E-state index contributed by atoms with van der Waals surface area (Å²) < 4.78 is 5.14. The minimum atomic E-state index is -0.649. The second kappa shape index (κ2) is 10.8. The zero-order chi connectivity index (χ0) is 25.8. The van der Waals surface area contributed by atoms with Gasteiger partial charge < -0.3 is 9.64 Å². The van der Waals surface area contributed by atoms with Crippen LogP contribution in [0.5, 0.6) is 0 Å². The molecule has 37 heavy (non-hydrogen) atoms. The summed E-state index contributed by atoms with van der Waals surface area (Å²) in [5.41, 5.74) is 2.27. The molecule has 0 aliphatic carbocycles. The van der Waals surface area contributed by atoms with Gasteiger partial charge in [-0.1, -0.05) is 48.5 Å². The topological polar surface area (TPSA) is 87.2 Å². The lowest BCUT2D eigenvalue weighted by Gasteiger charge is -2.38. The molecule has 188 valence electrons. The molecule has 5 rings (SSSR count). The van der Waals surface area contributed by atoms with Gasteiger partial charge >= 0.3 is 5.97 Å². The number of ketones is 1. The molecule has 8 heteroatoms. The molecule has 3 aromatic rings. The van der Waals surface area contributed by atoms with E-state index in [-0.39, 0.29) is 36.2 Å². The Bertz CT molecular complexity index is 1290. The van der Waals surface area contributed by atoms with E-state index in [1.165, 1.54) is 17.0 Å². The molecule has 0 spiro atoms. The van der Waals surface area contributed by atoms with Gasteiger partial charge in [0.25, 0.3) is 5.91 Å². The van der Waals surface area contributed by atoms with Crippen molar-refractivity contribution in [2.24, 2.45) is 0 Å². The standard InChI is InChI=1S/C29H27N3O5/c33-26(21-7-3-1-4-8-21)20-37-29(36)22-11-13-24(14-12-22)32-27(34)19-25(28(32)35)31-17-15-30(16-18-31)23-9-5-2-6-10-23/h1-14,25H,15-20H2. The van der Waals surface area contributed by atoms with E-state index in [9.17, 15) is 19.2 Å². The van der Waals surface area contributed by atoms with Gasteiger partial charge in [-0.05, 0) is 36.4 Å². The number of carbonyl (C=O) groups excluding carboxylic acids is 4. The molecule has 2 aliphatic rings. The zero-order valence-electron chi connectivity index (χ0n) is 20.3. The lowest BCUT2D eigenvalue weighted by atomic mass is 10.1. The zero-order valence-corrected chi connectivity index (χ0v) is 20.3. The van der Waals surface area contributed by atoms with Crippen LogP contribution >= 0.6 is 0 Å². The van der Waals surface area contributed by atoms with Crippen LogP contribution in [0.15, 0.2) is 84.9 Å². The minimum Gasteiger partial charge on any atom is -0.454 e. The van der Waals surface area contributed by atoms with Crippen molar-refractivity contribution in [2.75, 3.05) is 42.6 Å². The number of rotatable bonds is 7. The normalized spacial score (nSPS) is 18.2. The van der Waals surface area contributed by atoms with E-state index in [0.717, 1.165) is 18.8 Å². The monoisotopic (exact) mass is 497 g/mol. The van der Waals surface area contributed by atoms with Gasteiger partial charge in [-0.2, -0.15) is 0 Å². The number of ether oxygens (including phenoxy) is 1. The van der Waals surface area contributed by atoms with Crippen LogP contribution in [0.4, 0.5) is 11.4 Å². The van der Waals surface area contributed by atoms with E-state index in [4.69, 9.17) is 4.74 Å². The van der Waals surface area contributed by atoms with Gasteiger partial charge in [-0.3, -0.25) is 19.3 Å². The van der Waals surface area contributed by atoms with E-state index in [0.29, 0.717) is 24.3 Å². The molecule has 1 unspecified atom stereocenters. The fourth-order valence-corrected chi connectivity index (χ4v) is 4.77. The Kier molecular flexibility index (Phi) is 7.09. The lowest BCUT2D eigenvalue weighted by Crippen LogP contribution is -2.52. The highest BCUT2D eigenvalue weighted by Gasteiger charge is 2.43. The second-order valence-corrected chi connectivity index (χ2v) is 9.06. The van der Waals surface area contributed by atoms with Crippen molar-refractivity contribution in [3.05, 3.63) is 96.1 Å². The number of hydrogen-bond donors (Lipinski definition) is 0. The number of hydrogen-bond acceptors (Lipinski definition) is 7. The molecule has 0 saturated carbocycles. The molecule has 2 fully saturated rings. The summed E-state index contributed by atoms with van der Waals surface area (Å²) in [6.07, 6.45) is 0.134. The molecule has 0 radical (unpaired) electrons. The van der Waals surface area contributed by atoms with Crippen LogP contribution in [0.25, 0.3) is 0 Å². The lowest BCUT2D eigenvalue weighted by molar-refractivity contribution is -0.123. The largest absolute Gasteiger partial charge is 0.454 e. The van der Waals surface area contributed by atoms with Crippen molar-refractivity contribution in [3.63, 3.8) is 0 Å². The molecule has 0 bridgehead atoms. The molecule has 3 aromatic carbocycles. The summed E-state index contributed by atoms with van der Waals surface area (Å²) in [5, 5.41) is 0. The Hall–Kier alpha value is -4.30. The summed E-state index contributed by atoms with van der Waals surface area (Å²) in [4.78, 5) is 56.1. The minimum absolute atomic E-state index is 0.134. The van der Waals surface area contributed by atoms with Crippen LogP contribution in [0, 0.1) is 0 Å². The molecule has 2 aliphatic heterocycles. The quantitative estimate of drug-likeness (QED) is 0.282. The number of benzene rings is 3. The molecular formula is C29H27N3O5. The van der Waals surface area contributed by atoms with Gasteiger partial charge in [0, 0.05) is 37.4 Å². The first-order valence-corrected chi connectivity index (χ1v) is 12.3. The molecule has 2 saturated heterocycles. The Morgan fingerprint density at radius 2 is 1.35 bits per heavy atom. The molecule has 0 aromatic heterocycles. The number of nitrogens with zero attached hydrogens (tertiary/aromatic N) is 3. The maximum absolute atomic E-state index is 13.2. The SMILES string of the molecule is O=C(COC(=O)c1ccc(N2C(=O)CC(N3CCN(c4ccccc4)CC3)C2=O)cc1)c1ccccc1. The van der Waals surface area contributed by atoms with Crippen molar-refractivity contribution in [1.82, 2.24) is 4.90 Å². The van der Waals surface area contributed by atoms with Crippen molar-refractivity contribution in [3.8, 4) is 0 Å². The number of anilines is 2. The molecule has 1 atom stereocenters. The van der Waals surface area contributed by atoms with Gasteiger partial charge in [0.15, 0.2) is 12.4 Å². The summed E-state index contributed by atoms with van der Waals surface area (Å²) in [5.74, 6) is -1.45. The Balaban J connectivity index is 1.18. The maximum Gasteiger partial charge on any atom is 0.338 e. The van der Waals surface area contributed by atoms with Crippen molar-refractivity contribution in [1.29, 1.82) is 0 Å². The van der Waals surface area contributed by atoms with E-state index in [2.05, 4.69) is 21.9 Å². The number of Topliss-reactive ketones (excluding diaryl/α,β-unsaturated/α-hetero) is 1. The van der Waals surface area contributed by atoms with E-state index in [1.54, 1.807) is 42.5 Å². The van der Waals surface area contributed by atoms with Crippen molar-refractivity contribution in [2.45, 2.75) is 12.5 Å². The highest BCUT2D eigenvalue weighted by Crippen LogP contribution is 2.27. The van der Waals surface area contributed by atoms with Crippen molar-refractivity contribution < 1.29 is 23.9 Å². The smallest absolute Gasteiger partial charge is 0.338 e. The van der Waals surface area contributed by atoms with E-state index < -0.39 is 12.0 Å². The number of amides is 2. The van der Waals surface area contributed by atoms with Crippen LogP contribution in [-0.4, -0.2) is 67.3 Å². The van der Waals surface area contributed by atoms with Crippen LogP contribution in [0.2, 0.25) is 0 Å². The average Bonchev–Trinajstić information content (AvgIpc) is 3.26. The second-order valence-electron chi connectivity index (χ2n) is 9.06. The number of imide groups is 1. The van der Waals surface area contributed by atoms with Gasteiger partial charge in [-0.15, -0.1) is 0 Å². The fraction of sp³-hybridized carbons (Fsp3) is 0.241. The molecule has 0 N–H and O–H groups in total. The molecule has 2 amide bonds. The number of carbonyl (C=O) groups is 4. The molecule has 8 nitrogen and oxygen atoms in total. The predicted molar refractivity (Wildman–Crippen MR) is 139 cm³/mol. The van der Waals surface area contributed by atoms with Gasteiger partial charge in [0.2, 0.25) is 5.91 Å². The van der Waals surface area contributed by atoms with E-state index in [1.807, 2.05) is 18.2 Å². The van der Waals surface area contributed by atoms with Crippen LogP contribution < -0.4 is 9.80 Å². The summed E-state index contributed by atoms with van der Waals surface area (Å²) in [6, 6.07) is 24.4. The summed E-state index contributed by atoms with van der Waals surface area (Å²) in [7, 11) is 0. The third kappa shape index (κ3) is 5.29. The first-order valence-electron chi connectivity index (χ1n) is 12.3. The van der Waals surface area contributed by atoms with Gasteiger partial charge in [0.1, 0.15) is 0 Å². The van der Waals surface area contributed by atoms with Crippen LogP contribution in [-0.2, 0) is 14.3 Å². The third-order valence-electron chi connectivity index (χ3n) is 6.79. The number of para-hydroxylation sites is 1. The highest BCUT2D eigenvalue weighted by molar-refractivity contribution is 6.22. The Morgan fingerprint density at radius 3 is 2.00 bits per heavy atom. The predicted octanol–water partition coefficient (Wildman–Crippen LogP) is 3.18. The molecule has 2 heterocycles. The van der Waals surface area contributed by atoms with E-state index >= 15 is 0 Å². The summed E-state index contributed by atoms with van der Waals surface area (Å²) >= 11 is 0. The fourth-order valence-electron chi connectivity index (χ4n) is 4.77. The first kappa shape index (κ1) is 24.4. The van der Waals surface area contributed by atoms with Crippen LogP contribution in [0.1, 0.15) is 27.1 Å². The Labute approximate surface area is 215 Å². The van der Waals surface area contributed by atoms with Crippen LogP contribution in [0.3, 0.4) is 0 Å². The van der Waals surface area contributed by atoms with Gasteiger partial charge in [-0.25, -0.2) is 9.69 Å². The number of piperazine rings is 1. The first-order chi connectivity index (χ1) is 18.0. The summed E-state index contributed by atoms with van der Waals surface area (Å²) in [6.45, 7) is 2.59.